The Morgan fingerprint density at radius 3 is 2.46 bits per heavy atom. The van der Waals surface area contributed by atoms with Crippen LogP contribution in [0.4, 0.5) is 0 Å². The van der Waals surface area contributed by atoms with Gasteiger partial charge in [-0.3, -0.25) is 4.79 Å². The van der Waals surface area contributed by atoms with Crippen molar-refractivity contribution in [2.24, 2.45) is 4.99 Å². The Morgan fingerprint density at radius 2 is 1.96 bits per heavy atom. The molecule has 1 aromatic heterocycles. The third kappa shape index (κ3) is 8.84. The predicted molar refractivity (Wildman–Crippen MR) is 111 cm³/mol. The number of thiophene rings is 1. The minimum Gasteiger partial charge on any atom is -0.384 e. The summed E-state index contributed by atoms with van der Waals surface area (Å²) in [6.45, 7) is 10.5. The van der Waals surface area contributed by atoms with Gasteiger partial charge in [-0.05, 0) is 57.0 Å². The minimum absolute atomic E-state index is 0. The van der Waals surface area contributed by atoms with E-state index < -0.39 is 5.60 Å². The van der Waals surface area contributed by atoms with Crippen LogP contribution in [0.1, 0.15) is 40.2 Å². The van der Waals surface area contributed by atoms with Crippen molar-refractivity contribution in [2.45, 2.75) is 45.8 Å². The first-order valence-electron chi connectivity index (χ1n) is 7.72. The number of aliphatic hydroxyl groups is 1. The summed E-state index contributed by atoms with van der Waals surface area (Å²) >= 11 is 1.54. The van der Waals surface area contributed by atoms with E-state index in [1.165, 1.54) is 0 Å². The summed E-state index contributed by atoms with van der Waals surface area (Å²) in [5, 5.41) is 23.4. The Labute approximate surface area is 165 Å². The van der Waals surface area contributed by atoms with Gasteiger partial charge in [0.05, 0.1) is 6.54 Å². The summed E-state index contributed by atoms with van der Waals surface area (Å²) in [5.74, 6) is 0.367. The second-order valence-corrected chi connectivity index (χ2v) is 7.41. The van der Waals surface area contributed by atoms with Gasteiger partial charge < -0.3 is 21.1 Å². The highest BCUT2D eigenvalue weighted by molar-refractivity contribution is 14.0. The lowest BCUT2D eigenvalue weighted by Crippen LogP contribution is -2.46. The van der Waals surface area contributed by atoms with Crippen molar-refractivity contribution in [3.8, 4) is 0 Å². The van der Waals surface area contributed by atoms with E-state index in [1.54, 1.807) is 18.3 Å². The van der Waals surface area contributed by atoms with Crippen molar-refractivity contribution in [1.82, 2.24) is 16.0 Å². The highest BCUT2D eigenvalue weighted by Gasteiger charge is 2.23. The van der Waals surface area contributed by atoms with Gasteiger partial charge in [0.1, 0.15) is 12.1 Å². The molecule has 4 N–H and O–H groups in total. The van der Waals surface area contributed by atoms with E-state index >= 15 is 0 Å². The SMILES string of the molecule is CCNC(=NCC(=O)NC(C)(C)C)NCC(C)(O)c1ccsc1.I. The fourth-order valence-corrected chi connectivity index (χ4v) is 2.66. The molecule has 1 heterocycles. The fraction of sp³-hybridized carbons (Fsp3) is 0.625. The number of aliphatic imine (C=N–C) groups is 1. The summed E-state index contributed by atoms with van der Waals surface area (Å²) in [6, 6.07) is 1.90. The van der Waals surface area contributed by atoms with Crippen LogP contribution < -0.4 is 16.0 Å². The number of carbonyl (C=O) groups excluding carboxylic acids is 1. The molecule has 0 saturated heterocycles. The van der Waals surface area contributed by atoms with Gasteiger partial charge in [0.25, 0.3) is 0 Å². The molecule has 1 aromatic rings. The Hall–Kier alpha value is -0.870. The van der Waals surface area contributed by atoms with Crippen molar-refractivity contribution in [3.05, 3.63) is 22.4 Å². The summed E-state index contributed by atoms with van der Waals surface area (Å²) < 4.78 is 0. The van der Waals surface area contributed by atoms with E-state index in [1.807, 2.05) is 44.5 Å². The smallest absolute Gasteiger partial charge is 0.242 e. The third-order valence-corrected chi connectivity index (χ3v) is 3.67. The largest absolute Gasteiger partial charge is 0.384 e. The van der Waals surface area contributed by atoms with Crippen molar-refractivity contribution in [2.75, 3.05) is 19.6 Å². The van der Waals surface area contributed by atoms with E-state index in [-0.39, 0.29) is 42.0 Å². The monoisotopic (exact) mass is 468 g/mol. The first-order chi connectivity index (χ1) is 10.6. The van der Waals surface area contributed by atoms with Crippen LogP contribution in [0, 0.1) is 0 Å². The third-order valence-electron chi connectivity index (χ3n) is 2.98. The first kappa shape index (κ1) is 23.1. The Bertz CT molecular complexity index is 525. The molecular weight excluding hydrogens is 439 g/mol. The molecule has 138 valence electrons. The minimum atomic E-state index is -0.996. The van der Waals surface area contributed by atoms with Gasteiger partial charge in [-0.1, -0.05) is 0 Å². The molecule has 24 heavy (non-hydrogen) atoms. The molecule has 0 aromatic carbocycles. The second-order valence-electron chi connectivity index (χ2n) is 6.63. The van der Waals surface area contributed by atoms with Crippen LogP contribution in [-0.2, 0) is 10.4 Å². The Morgan fingerprint density at radius 1 is 1.29 bits per heavy atom. The fourth-order valence-electron chi connectivity index (χ4n) is 1.88. The standard InChI is InChI=1S/C16H28N4O2S.HI/c1-6-17-14(18-9-13(21)20-15(2,3)4)19-11-16(5,22)12-7-8-23-10-12;/h7-8,10,22H,6,9,11H2,1-5H3,(H,20,21)(H2,17,18,19);1H. The van der Waals surface area contributed by atoms with E-state index in [0.717, 1.165) is 5.56 Å². The van der Waals surface area contributed by atoms with Crippen LogP contribution >= 0.6 is 35.3 Å². The molecule has 1 atom stereocenters. The van der Waals surface area contributed by atoms with Gasteiger partial charge in [0.15, 0.2) is 5.96 Å². The van der Waals surface area contributed by atoms with Crippen LogP contribution in [0.2, 0.25) is 0 Å². The van der Waals surface area contributed by atoms with Gasteiger partial charge >= 0.3 is 0 Å². The zero-order chi connectivity index (χ0) is 17.5. The molecule has 6 nitrogen and oxygen atoms in total. The number of nitrogens with zero attached hydrogens (tertiary/aromatic N) is 1. The zero-order valence-corrected chi connectivity index (χ0v) is 18.1. The maximum Gasteiger partial charge on any atom is 0.242 e. The van der Waals surface area contributed by atoms with Crippen molar-refractivity contribution >= 4 is 47.2 Å². The molecule has 0 saturated carbocycles. The zero-order valence-electron chi connectivity index (χ0n) is 15.0. The number of carbonyl (C=O) groups is 1. The van der Waals surface area contributed by atoms with Crippen LogP contribution in [0.3, 0.4) is 0 Å². The molecule has 8 heteroatoms. The van der Waals surface area contributed by atoms with Crippen LogP contribution in [-0.4, -0.2) is 42.1 Å². The van der Waals surface area contributed by atoms with E-state index in [4.69, 9.17) is 0 Å². The number of nitrogens with one attached hydrogen (secondary N) is 3. The molecule has 1 rings (SSSR count). The summed E-state index contributed by atoms with van der Waals surface area (Å²) in [5.41, 5.74) is -0.415. The van der Waals surface area contributed by atoms with Gasteiger partial charge in [0.2, 0.25) is 5.91 Å². The number of hydrogen-bond acceptors (Lipinski definition) is 4. The normalized spacial score (nSPS) is 14.3. The number of halogens is 1. The molecule has 0 spiro atoms. The van der Waals surface area contributed by atoms with Crippen molar-refractivity contribution < 1.29 is 9.90 Å². The topological polar surface area (TPSA) is 85.8 Å². The number of hydrogen-bond donors (Lipinski definition) is 4. The molecule has 0 fully saturated rings. The van der Waals surface area contributed by atoms with Gasteiger partial charge in [0, 0.05) is 12.1 Å². The first-order valence-corrected chi connectivity index (χ1v) is 8.66. The lowest BCUT2D eigenvalue weighted by molar-refractivity contribution is -0.121. The molecule has 0 bridgehead atoms. The highest BCUT2D eigenvalue weighted by Crippen LogP contribution is 2.21. The quantitative estimate of drug-likeness (QED) is 0.293. The molecule has 0 radical (unpaired) electrons. The molecular formula is C16H29IN4O2S. The Kier molecular flexibility index (Phi) is 9.83. The summed E-state index contributed by atoms with van der Waals surface area (Å²) in [7, 11) is 0. The predicted octanol–water partition coefficient (Wildman–Crippen LogP) is 2.04. The highest BCUT2D eigenvalue weighted by atomic mass is 127. The molecule has 0 aliphatic heterocycles. The second kappa shape index (κ2) is 10.2. The van der Waals surface area contributed by atoms with E-state index in [0.29, 0.717) is 19.0 Å². The average Bonchev–Trinajstić information content (AvgIpc) is 2.95. The molecule has 1 unspecified atom stereocenters. The summed E-state index contributed by atoms with van der Waals surface area (Å²) in [6.07, 6.45) is 0. The maximum absolute atomic E-state index is 11.8. The number of guanidine groups is 1. The van der Waals surface area contributed by atoms with Gasteiger partial charge in [-0.25, -0.2) is 4.99 Å². The van der Waals surface area contributed by atoms with Crippen LogP contribution in [0.15, 0.2) is 21.8 Å². The average molecular weight is 468 g/mol. The van der Waals surface area contributed by atoms with E-state index in [2.05, 4.69) is 20.9 Å². The van der Waals surface area contributed by atoms with Crippen molar-refractivity contribution in [3.63, 3.8) is 0 Å². The van der Waals surface area contributed by atoms with Gasteiger partial charge in [-0.15, -0.1) is 24.0 Å². The van der Waals surface area contributed by atoms with E-state index in [9.17, 15) is 9.90 Å². The lowest BCUT2D eigenvalue weighted by atomic mass is 9.99. The molecule has 1 amide bonds. The van der Waals surface area contributed by atoms with Crippen LogP contribution in [0.25, 0.3) is 0 Å². The number of amides is 1. The lowest BCUT2D eigenvalue weighted by Gasteiger charge is -2.24. The summed E-state index contributed by atoms with van der Waals surface area (Å²) in [4.78, 5) is 16.1. The van der Waals surface area contributed by atoms with Crippen LogP contribution in [0.5, 0.6) is 0 Å². The van der Waals surface area contributed by atoms with Gasteiger partial charge in [-0.2, -0.15) is 11.3 Å². The maximum atomic E-state index is 11.8. The molecule has 0 aliphatic carbocycles. The number of rotatable bonds is 6. The Balaban J connectivity index is 0.00000529. The molecule has 0 aliphatic rings. The van der Waals surface area contributed by atoms with Crippen molar-refractivity contribution in [1.29, 1.82) is 0 Å².